The number of hydrogen-bond acceptors (Lipinski definition) is 2. The van der Waals surface area contributed by atoms with Gasteiger partial charge in [0.15, 0.2) is 17.3 Å². The summed E-state index contributed by atoms with van der Waals surface area (Å²) in [5.41, 5.74) is 3.69. The van der Waals surface area contributed by atoms with Gasteiger partial charge in [-0.1, -0.05) is 35.9 Å². The third-order valence-electron chi connectivity index (χ3n) is 4.55. The van der Waals surface area contributed by atoms with Gasteiger partial charge >= 0.3 is 0 Å². The van der Waals surface area contributed by atoms with E-state index in [0.29, 0.717) is 0 Å². The molecular formula is C20H22ClN2O2+. The van der Waals surface area contributed by atoms with Crippen molar-refractivity contribution in [3.8, 4) is 0 Å². The number of ether oxygens (including phenoxy) is 2. The minimum Gasteiger partial charge on any atom is -0.352 e. The van der Waals surface area contributed by atoms with Crippen LogP contribution >= 0.6 is 11.6 Å². The second-order valence-corrected chi connectivity index (χ2v) is 6.80. The quantitative estimate of drug-likeness (QED) is 0.650. The lowest BCUT2D eigenvalue weighted by molar-refractivity contribution is -0.663. The number of rotatable bonds is 5. The summed E-state index contributed by atoms with van der Waals surface area (Å²) in [7, 11) is 0. The second kappa shape index (κ2) is 7.56. The third-order valence-corrected chi connectivity index (χ3v) is 4.80. The maximum atomic E-state index is 5.99. The molecule has 4 rings (SSSR count). The zero-order chi connectivity index (χ0) is 17.1. The maximum Gasteiger partial charge on any atom is 0.245 e. The fraction of sp³-hybridized carbons (Fsp3) is 0.350. The van der Waals surface area contributed by atoms with E-state index < -0.39 is 0 Å². The number of fused-ring (bicyclic) bond motifs is 1. The van der Waals surface area contributed by atoms with Crippen molar-refractivity contribution in [1.29, 1.82) is 0 Å². The molecule has 0 amide bonds. The van der Waals surface area contributed by atoms with Crippen LogP contribution in [0.4, 0.5) is 0 Å². The van der Waals surface area contributed by atoms with E-state index in [1.54, 1.807) is 0 Å². The summed E-state index contributed by atoms with van der Waals surface area (Å²) in [4.78, 5) is 0. The van der Waals surface area contributed by atoms with Gasteiger partial charge in [-0.05, 0) is 36.2 Å². The summed E-state index contributed by atoms with van der Waals surface area (Å²) >= 11 is 5.99. The van der Waals surface area contributed by atoms with Gasteiger partial charge < -0.3 is 9.47 Å². The monoisotopic (exact) mass is 357 g/mol. The first-order chi connectivity index (χ1) is 12.3. The predicted octanol–water partition coefficient (Wildman–Crippen LogP) is 3.78. The lowest BCUT2D eigenvalue weighted by Crippen LogP contribution is -2.33. The molecule has 2 heterocycles. The van der Waals surface area contributed by atoms with E-state index in [-0.39, 0.29) is 6.29 Å². The highest BCUT2D eigenvalue weighted by atomic mass is 35.5. The van der Waals surface area contributed by atoms with Crippen molar-refractivity contribution in [3.05, 3.63) is 65.4 Å². The van der Waals surface area contributed by atoms with Crippen molar-refractivity contribution in [3.63, 3.8) is 0 Å². The molecule has 4 nitrogen and oxygen atoms in total. The first-order valence-corrected chi connectivity index (χ1v) is 9.12. The van der Waals surface area contributed by atoms with E-state index in [0.717, 1.165) is 44.2 Å². The number of benzene rings is 2. The number of imidazole rings is 1. The standard InChI is InChI=1S/C20H22ClN2O2/c21-17-8-6-16(7-9-17)14-23-15-22(18-4-1-2-5-19(18)23)11-10-20-24-12-3-13-25-20/h1-2,4-9,15,20H,3,10-14H2/q+1. The van der Waals surface area contributed by atoms with Crippen LogP contribution in [0.3, 0.4) is 0 Å². The highest BCUT2D eigenvalue weighted by molar-refractivity contribution is 6.30. The Morgan fingerprint density at radius 3 is 2.60 bits per heavy atom. The minimum absolute atomic E-state index is 0.0837. The van der Waals surface area contributed by atoms with Crippen molar-refractivity contribution < 1.29 is 14.0 Å². The number of aryl methyl sites for hydroxylation is 1. The van der Waals surface area contributed by atoms with E-state index in [1.807, 2.05) is 12.1 Å². The Morgan fingerprint density at radius 2 is 1.80 bits per heavy atom. The maximum absolute atomic E-state index is 5.99. The molecule has 0 atom stereocenters. The van der Waals surface area contributed by atoms with Gasteiger partial charge in [-0.2, -0.15) is 0 Å². The van der Waals surface area contributed by atoms with Crippen LogP contribution in [0.1, 0.15) is 18.4 Å². The molecule has 0 bridgehead atoms. The molecule has 1 fully saturated rings. The molecule has 0 N–H and O–H groups in total. The fourth-order valence-corrected chi connectivity index (χ4v) is 3.41. The summed E-state index contributed by atoms with van der Waals surface area (Å²) in [6, 6.07) is 16.5. The number of halogens is 1. The Kier molecular flexibility index (Phi) is 5.02. The fourth-order valence-electron chi connectivity index (χ4n) is 3.28. The number of nitrogens with zero attached hydrogens (tertiary/aromatic N) is 2. The van der Waals surface area contributed by atoms with Gasteiger partial charge in [0.1, 0.15) is 6.54 Å². The molecule has 0 radical (unpaired) electrons. The lowest BCUT2D eigenvalue weighted by atomic mass is 10.2. The molecule has 1 aliphatic rings. The van der Waals surface area contributed by atoms with Crippen molar-refractivity contribution in [1.82, 2.24) is 4.57 Å². The van der Waals surface area contributed by atoms with Gasteiger partial charge in [-0.15, -0.1) is 0 Å². The smallest absolute Gasteiger partial charge is 0.245 e. The molecule has 0 spiro atoms. The minimum atomic E-state index is -0.0837. The van der Waals surface area contributed by atoms with E-state index in [2.05, 4.69) is 51.9 Å². The van der Waals surface area contributed by atoms with Crippen molar-refractivity contribution in [2.24, 2.45) is 0 Å². The zero-order valence-corrected chi connectivity index (χ0v) is 14.9. The molecule has 25 heavy (non-hydrogen) atoms. The van der Waals surface area contributed by atoms with E-state index >= 15 is 0 Å². The highest BCUT2D eigenvalue weighted by Crippen LogP contribution is 2.16. The first kappa shape index (κ1) is 16.6. The zero-order valence-electron chi connectivity index (χ0n) is 14.1. The topological polar surface area (TPSA) is 27.3 Å². The first-order valence-electron chi connectivity index (χ1n) is 8.74. The average Bonchev–Trinajstić information content (AvgIpc) is 3.01. The predicted molar refractivity (Wildman–Crippen MR) is 97.6 cm³/mol. The van der Waals surface area contributed by atoms with Gasteiger partial charge in [0, 0.05) is 11.4 Å². The summed E-state index contributed by atoms with van der Waals surface area (Å²) in [6.45, 7) is 3.29. The van der Waals surface area contributed by atoms with Crippen molar-refractivity contribution >= 4 is 22.6 Å². The molecule has 1 aliphatic heterocycles. The molecular weight excluding hydrogens is 336 g/mol. The highest BCUT2D eigenvalue weighted by Gasteiger charge is 2.19. The third kappa shape index (κ3) is 3.87. The van der Waals surface area contributed by atoms with Crippen molar-refractivity contribution in [2.45, 2.75) is 32.2 Å². The number of hydrogen-bond donors (Lipinski definition) is 0. The van der Waals surface area contributed by atoms with Crippen molar-refractivity contribution in [2.75, 3.05) is 13.2 Å². The molecule has 2 aromatic carbocycles. The second-order valence-electron chi connectivity index (χ2n) is 6.37. The van der Waals surface area contributed by atoms with Crippen LogP contribution in [0.5, 0.6) is 0 Å². The summed E-state index contributed by atoms with van der Waals surface area (Å²) in [5, 5.41) is 0.767. The lowest BCUT2D eigenvalue weighted by Gasteiger charge is -2.22. The van der Waals surface area contributed by atoms with Crippen LogP contribution in [-0.2, 0) is 22.6 Å². The van der Waals surface area contributed by atoms with Crippen LogP contribution in [0.15, 0.2) is 54.9 Å². The van der Waals surface area contributed by atoms with Gasteiger partial charge in [0.05, 0.1) is 19.8 Å². The van der Waals surface area contributed by atoms with E-state index in [9.17, 15) is 0 Å². The Hall–Kier alpha value is -1.88. The molecule has 1 saturated heterocycles. The summed E-state index contributed by atoms with van der Waals surface area (Å²) in [6.07, 6.45) is 3.95. The number of aromatic nitrogens is 2. The van der Waals surface area contributed by atoms with Crippen LogP contribution in [0.2, 0.25) is 5.02 Å². The van der Waals surface area contributed by atoms with Gasteiger partial charge in [-0.3, -0.25) is 0 Å². The van der Waals surface area contributed by atoms with Gasteiger partial charge in [0.25, 0.3) is 0 Å². The summed E-state index contributed by atoms with van der Waals surface area (Å²) < 4.78 is 15.9. The SMILES string of the molecule is Clc1ccc(C[n+]2cn(CCC3OCCCO3)c3ccccc32)cc1. The molecule has 3 aromatic rings. The van der Waals surface area contributed by atoms with Crippen LogP contribution in [0.25, 0.3) is 11.0 Å². The molecule has 0 saturated carbocycles. The Bertz CT molecular complexity index is 839. The van der Waals surface area contributed by atoms with E-state index in [1.165, 1.54) is 16.6 Å². The van der Waals surface area contributed by atoms with Crippen LogP contribution in [-0.4, -0.2) is 24.1 Å². The van der Waals surface area contributed by atoms with Crippen LogP contribution < -0.4 is 4.57 Å². The normalized spacial score (nSPS) is 15.7. The largest absolute Gasteiger partial charge is 0.352 e. The van der Waals surface area contributed by atoms with Gasteiger partial charge in [-0.25, -0.2) is 9.13 Å². The van der Waals surface area contributed by atoms with Gasteiger partial charge in [0.2, 0.25) is 6.33 Å². The Balaban J connectivity index is 1.56. The van der Waals surface area contributed by atoms with E-state index in [4.69, 9.17) is 21.1 Å². The summed E-state index contributed by atoms with van der Waals surface area (Å²) in [5.74, 6) is 0. The molecule has 0 aliphatic carbocycles. The molecule has 0 unspecified atom stereocenters. The molecule has 130 valence electrons. The Labute approximate surface area is 152 Å². The molecule has 5 heteroatoms. The average molecular weight is 358 g/mol. The Morgan fingerprint density at radius 1 is 1.04 bits per heavy atom. The molecule has 1 aromatic heterocycles. The van der Waals surface area contributed by atoms with Crippen LogP contribution in [0, 0.1) is 0 Å². The number of para-hydroxylation sites is 2.